The van der Waals surface area contributed by atoms with Crippen molar-refractivity contribution in [2.24, 2.45) is 0 Å². The number of aromatic nitrogens is 2. The number of hydrogen-bond acceptors (Lipinski definition) is 4. The van der Waals surface area contributed by atoms with Crippen molar-refractivity contribution in [2.45, 2.75) is 24.8 Å². The van der Waals surface area contributed by atoms with Crippen molar-refractivity contribution >= 4 is 44.1 Å². The summed E-state index contributed by atoms with van der Waals surface area (Å²) in [5.74, 6) is -0.0207. The highest BCUT2D eigenvalue weighted by atomic mass is 35.5. The summed E-state index contributed by atoms with van der Waals surface area (Å²) in [6.07, 6.45) is 2.29. The van der Waals surface area contributed by atoms with Crippen LogP contribution in [0.15, 0.2) is 41.4 Å². The van der Waals surface area contributed by atoms with E-state index in [1.54, 1.807) is 29.3 Å². The number of H-pyrrole nitrogens is 1. The molecule has 0 aliphatic carbocycles. The normalized spacial score (nSPS) is 14.2. The number of halogens is 1. The van der Waals surface area contributed by atoms with E-state index in [0.29, 0.717) is 41.1 Å². The number of hydrogen-bond donors (Lipinski definition) is 2. The fraction of sp³-hybridized carbons (Fsp3) is 0.222. The Bertz CT molecular complexity index is 1160. The highest BCUT2D eigenvalue weighted by molar-refractivity contribution is 7.92. The van der Waals surface area contributed by atoms with Gasteiger partial charge in [0.15, 0.2) is 0 Å². The number of sulfonamides is 1. The molecule has 0 bridgehead atoms. The standard InChI is InChI=1S/C18H17ClN4O3S/c1-11(24)23-5-4-12-2-3-16(7-14(12)10-23)27(25,26)22-17-8-15(19)6-13-9-20-21-18(13)17/h2-3,6-9,22H,4-5,10H2,1H3,(H,20,21). The number of nitrogens with zero attached hydrogens (tertiary/aromatic N) is 2. The molecule has 27 heavy (non-hydrogen) atoms. The summed E-state index contributed by atoms with van der Waals surface area (Å²) in [5.41, 5.74) is 2.80. The average molecular weight is 405 g/mol. The molecule has 1 aliphatic heterocycles. The second-order valence-corrected chi connectivity index (χ2v) is 8.63. The number of anilines is 1. The lowest BCUT2D eigenvalue weighted by molar-refractivity contribution is -0.129. The van der Waals surface area contributed by atoms with Gasteiger partial charge < -0.3 is 4.90 Å². The molecule has 1 aliphatic rings. The van der Waals surface area contributed by atoms with Gasteiger partial charge in [0.25, 0.3) is 10.0 Å². The lowest BCUT2D eigenvalue weighted by Gasteiger charge is -2.28. The molecule has 2 heterocycles. The van der Waals surface area contributed by atoms with Gasteiger partial charge in [0.1, 0.15) is 0 Å². The summed E-state index contributed by atoms with van der Waals surface area (Å²) in [5, 5.41) is 7.83. The van der Waals surface area contributed by atoms with Crippen LogP contribution in [0.5, 0.6) is 0 Å². The largest absolute Gasteiger partial charge is 0.338 e. The third-order valence-electron chi connectivity index (χ3n) is 4.70. The van der Waals surface area contributed by atoms with E-state index in [1.165, 1.54) is 13.0 Å². The summed E-state index contributed by atoms with van der Waals surface area (Å²) in [4.78, 5) is 13.5. The van der Waals surface area contributed by atoms with E-state index in [0.717, 1.165) is 11.1 Å². The van der Waals surface area contributed by atoms with Crippen LogP contribution in [0.4, 0.5) is 5.69 Å². The van der Waals surface area contributed by atoms with E-state index in [4.69, 9.17) is 11.6 Å². The van der Waals surface area contributed by atoms with Crippen molar-refractivity contribution in [3.8, 4) is 0 Å². The molecule has 9 heteroatoms. The molecule has 4 rings (SSSR count). The van der Waals surface area contributed by atoms with Crippen molar-refractivity contribution < 1.29 is 13.2 Å². The fourth-order valence-corrected chi connectivity index (χ4v) is 4.61. The van der Waals surface area contributed by atoms with Crippen LogP contribution < -0.4 is 4.72 Å². The summed E-state index contributed by atoms with van der Waals surface area (Å²) >= 11 is 6.08. The van der Waals surface area contributed by atoms with Gasteiger partial charge in [0.2, 0.25) is 5.91 Å². The van der Waals surface area contributed by atoms with Crippen LogP contribution in [-0.2, 0) is 27.8 Å². The molecular formula is C18H17ClN4O3S. The molecule has 0 radical (unpaired) electrons. The SMILES string of the molecule is CC(=O)N1CCc2ccc(S(=O)(=O)Nc3cc(Cl)cc4cn[nH]c34)cc2C1. The predicted octanol–water partition coefficient (Wildman–Crippen LogP) is 2.92. The highest BCUT2D eigenvalue weighted by Gasteiger charge is 2.22. The van der Waals surface area contributed by atoms with Gasteiger partial charge in [-0.3, -0.25) is 14.6 Å². The topological polar surface area (TPSA) is 95.2 Å². The Kier molecular flexibility index (Phi) is 4.32. The number of rotatable bonds is 3. The third-order valence-corrected chi connectivity index (χ3v) is 6.28. The summed E-state index contributed by atoms with van der Waals surface area (Å²) in [7, 11) is -3.83. The first-order valence-electron chi connectivity index (χ1n) is 8.36. The van der Waals surface area contributed by atoms with Crippen molar-refractivity contribution in [1.29, 1.82) is 0 Å². The van der Waals surface area contributed by atoms with Gasteiger partial charge in [-0.1, -0.05) is 17.7 Å². The summed E-state index contributed by atoms with van der Waals surface area (Å²) in [6, 6.07) is 8.26. The molecule has 0 atom stereocenters. The summed E-state index contributed by atoms with van der Waals surface area (Å²) in [6.45, 7) is 2.57. The van der Waals surface area contributed by atoms with Gasteiger partial charge in [0, 0.05) is 30.4 Å². The molecular weight excluding hydrogens is 388 g/mol. The molecule has 3 aromatic rings. The van der Waals surface area contributed by atoms with Crippen molar-refractivity contribution in [3.63, 3.8) is 0 Å². The highest BCUT2D eigenvalue weighted by Crippen LogP contribution is 2.29. The van der Waals surface area contributed by atoms with Crippen LogP contribution in [0.2, 0.25) is 5.02 Å². The number of carbonyl (C=O) groups is 1. The fourth-order valence-electron chi connectivity index (χ4n) is 3.27. The average Bonchev–Trinajstić information content (AvgIpc) is 3.09. The minimum absolute atomic E-state index is 0.0207. The maximum absolute atomic E-state index is 12.9. The molecule has 2 N–H and O–H groups in total. The second kappa shape index (κ2) is 6.54. The molecule has 7 nitrogen and oxygen atoms in total. The van der Waals surface area contributed by atoms with E-state index in [2.05, 4.69) is 14.9 Å². The van der Waals surface area contributed by atoms with Gasteiger partial charge in [-0.15, -0.1) is 0 Å². The van der Waals surface area contributed by atoms with Crippen LogP contribution in [0, 0.1) is 0 Å². The van der Waals surface area contributed by atoms with Gasteiger partial charge in [-0.2, -0.15) is 5.10 Å². The molecule has 1 aromatic heterocycles. The Morgan fingerprint density at radius 3 is 2.85 bits per heavy atom. The molecule has 0 unspecified atom stereocenters. The van der Waals surface area contributed by atoms with Gasteiger partial charge in [-0.25, -0.2) is 8.42 Å². The van der Waals surface area contributed by atoms with E-state index >= 15 is 0 Å². The van der Waals surface area contributed by atoms with Crippen LogP contribution in [0.1, 0.15) is 18.1 Å². The van der Waals surface area contributed by atoms with Crippen LogP contribution in [0.25, 0.3) is 10.9 Å². The van der Waals surface area contributed by atoms with Gasteiger partial charge in [0.05, 0.1) is 22.3 Å². The number of carbonyl (C=O) groups excluding carboxylic acids is 1. The first-order chi connectivity index (χ1) is 12.8. The Morgan fingerprint density at radius 2 is 2.07 bits per heavy atom. The van der Waals surface area contributed by atoms with Crippen molar-refractivity contribution in [2.75, 3.05) is 11.3 Å². The van der Waals surface area contributed by atoms with E-state index < -0.39 is 10.0 Å². The maximum atomic E-state index is 12.9. The third kappa shape index (κ3) is 3.38. The Balaban J connectivity index is 1.69. The molecule has 0 saturated carbocycles. The number of amides is 1. The lowest BCUT2D eigenvalue weighted by Crippen LogP contribution is -2.34. The van der Waals surface area contributed by atoms with E-state index in [1.807, 2.05) is 6.07 Å². The summed E-state index contributed by atoms with van der Waals surface area (Å²) < 4.78 is 28.4. The molecule has 2 aromatic carbocycles. The minimum atomic E-state index is -3.83. The zero-order valence-corrected chi connectivity index (χ0v) is 16.1. The number of benzene rings is 2. The molecule has 0 fully saturated rings. The zero-order valence-electron chi connectivity index (χ0n) is 14.5. The molecule has 0 spiro atoms. The second-order valence-electron chi connectivity index (χ2n) is 6.51. The monoisotopic (exact) mass is 404 g/mol. The molecule has 1 amide bonds. The van der Waals surface area contributed by atoms with Crippen LogP contribution in [-0.4, -0.2) is 36.0 Å². The lowest BCUT2D eigenvalue weighted by atomic mass is 10.00. The maximum Gasteiger partial charge on any atom is 0.261 e. The van der Waals surface area contributed by atoms with Crippen molar-refractivity contribution in [3.05, 3.63) is 52.7 Å². The first kappa shape index (κ1) is 17.8. The number of fused-ring (bicyclic) bond motifs is 2. The number of nitrogens with one attached hydrogen (secondary N) is 2. The van der Waals surface area contributed by atoms with Crippen molar-refractivity contribution in [1.82, 2.24) is 15.1 Å². The van der Waals surface area contributed by atoms with E-state index in [9.17, 15) is 13.2 Å². The van der Waals surface area contributed by atoms with E-state index in [-0.39, 0.29) is 10.8 Å². The molecule has 0 saturated heterocycles. The Morgan fingerprint density at radius 1 is 1.26 bits per heavy atom. The quantitative estimate of drug-likeness (QED) is 0.701. The minimum Gasteiger partial charge on any atom is -0.338 e. The number of aromatic amines is 1. The van der Waals surface area contributed by atoms with Crippen LogP contribution in [0.3, 0.4) is 0 Å². The first-order valence-corrected chi connectivity index (χ1v) is 10.2. The predicted molar refractivity (Wildman–Crippen MR) is 103 cm³/mol. The smallest absolute Gasteiger partial charge is 0.261 e. The van der Waals surface area contributed by atoms with Gasteiger partial charge in [-0.05, 0) is 41.8 Å². The zero-order chi connectivity index (χ0) is 19.2. The van der Waals surface area contributed by atoms with Gasteiger partial charge >= 0.3 is 0 Å². The molecule has 140 valence electrons. The van der Waals surface area contributed by atoms with Crippen LogP contribution >= 0.6 is 11.6 Å². The Labute approximate surface area is 161 Å². The Hall–Kier alpha value is -2.58.